The summed E-state index contributed by atoms with van der Waals surface area (Å²) in [6, 6.07) is 0.716. The average molecular weight is 211 g/mol. The summed E-state index contributed by atoms with van der Waals surface area (Å²) in [6.45, 7) is 10.5. The van der Waals surface area contributed by atoms with E-state index in [2.05, 4.69) is 25.7 Å². The number of piperidine rings is 1. The maximum Gasteiger partial charge on any atom is 0.0654 e. The molecule has 0 aliphatic carbocycles. The molecule has 2 fully saturated rings. The number of hydrogen-bond donors (Lipinski definition) is 0. The van der Waals surface area contributed by atoms with Crippen LogP contribution in [0.3, 0.4) is 0 Å². The van der Waals surface area contributed by atoms with Crippen molar-refractivity contribution >= 4 is 0 Å². The third kappa shape index (κ3) is 2.07. The van der Waals surface area contributed by atoms with Crippen LogP contribution in [-0.2, 0) is 4.74 Å². The molecule has 2 rings (SSSR count). The Morgan fingerprint density at radius 1 is 1.33 bits per heavy atom. The van der Waals surface area contributed by atoms with Crippen molar-refractivity contribution < 1.29 is 4.74 Å². The van der Waals surface area contributed by atoms with Crippen molar-refractivity contribution in [2.75, 3.05) is 19.7 Å². The van der Waals surface area contributed by atoms with Crippen molar-refractivity contribution in [2.24, 2.45) is 5.41 Å². The Kier molecular flexibility index (Phi) is 3.36. The first-order chi connectivity index (χ1) is 7.18. The zero-order valence-corrected chi connectivity index (χ0v) is 10.5. The Hall–Kier alpha value is -0.0800. The molecule has 15 heavy (non-hydrogen) atoms. The minimum absolute atomic E-state index is 0.571. The topological polar surface area (TPSA) is 12.5 Å². The lowest BCUT2D eigenvalue weighted by Crippen LogP contribution is -2.57. The monoisotopic (exact) mass is 211 g/mol. The van der Waals surface area contributed by atoms with Crippen LogP contribution in [0.4, 0.5) is 0 Å². The maximum absolute atomic E-state index is 5.74. The summed E-state index contributed by atoms with van der Waals surface area (Å²) < 4.78 is 5.74. The van der Waals surface area contributed by atoms with E-state index in [0.717, 1.165) is 6.61 Å². The minimum atomic E-state index is 0.571. The van der Waals surface area contributed by atoms with Gasteiger partial charge in [0, 0.05) is 11.5 Å². The van der Waals surface area contributed by atoms with E-state index in [1.807, 2.05) is 0 Å². The van der Waals surface area contributed by atoms with Gasteiger partial charge in [-0.15, -0.1) is 0 Å². The second-order valence-corrected chi connectivity index (χ2v) is 5.58. The molecular weight excluding hydrogens is 186 g/mol. The number of nitrogens with zero attached hydrogens (tertiary/aromatic N) is 1. The van der Waals surface area contributed by atoms with E-state index in [1.165, 1.54) is 38.8 Å². The van der Waals surface area contributed by atoms with Crippen molar-refractivity contribution in [1.29, 1.82) is 0 Å². The van der Waals surface area contributed by atoms with Crippen molar-refractivity contribution in [2.45, 2.75) is 58.6 Å². The summed E-state index contributed by atoms with van der Waals surface area (Å²) in [6.07, 6.45) is 5.82. The summed E-state index contributed by atoms with van der Waals surface area (Å²) >= 11 is 0. The first-order valence-corrected chi connectivity index (χ1v) is 6.53. The molecule has 0 radical (unpaired) electrons. The molecule has 1 atom stereocenters. The fraction of sp³-hybridized carbons (Fsp3) is 1.00. The summed E-state index contributed by atoms with van der Waals surface area (Å²) in [5.41, 5.74) is 0.571. The van der Waals surface area contributed by atoms with Gasteiger partial charge in [-0.05, 0) is 46.2 Å². The molecule has 2 nitrogen and oxygen atoms in total. The third-order valence-corrected chi connectivity index (χ3v) is 4.33. The molecule has 0 aromatic rings. The van der Waals surface area contributed by atoms with Crippen LogP contribution >= 0.6 is 0 Å². The van der Waals surface area contributed by atoms with Gasteiger partial charge in [0.25, 0.3) is 0 Å². The lowest BCUT2D eigenvalue weighted by atomic mass is 9.69. The van der Waals surface area contributed by atoms with E-state index in [9.17, 15) is 0 Å². The van der Waals surface area contributed by atoms with Crippen LogP contribution in [0, 0.1) is 5.41 Å². The van der Waals surface area contributed by atoms with Gasteiger partial charge in [0.15, 0.2) is 0 Å². The second-order valence-electron chi connectivity index (χ2n) is 5.58. The van der Waals surface area contributed by atoms with Crippen molar-refractivity contribution in [1.82, 2.24) is 4.90 Å². The van der Waals surface area contributed by atoms with E-state index >= 15 is 0 Å². The van der Waals surface area contributed by atoms with Gasteiger partial charge in [0.1, 0.15) is 0 Å². The lowest BCUT2D eigenvalue weighted by molar-refractivity contribution is -0.210. The highest BCUT2D eigenvalue weighted by molar-refractivity contribution is 4.98. The normalized spacial score (nSPS) is 30.8. The van der Waals surface area contributed by atoms with E-state index in [-0.39, 0.29) is 0 Å². The first-order valence-electron chi connectivity index (χ1n) is 6.53. The zero-order valence-electron chi connectivity index (χ0n) is 10.5. The summed E-state index contributed by atoms with van der Waals surface area (Å²) in [5.74, 6) is 0. The van der Waals surface area contributed by atoms with Crippen molar-refractivity contribution in [3.63, 3.8) is 0 Å². The SMILES string of the molecule is CCCC1OCC12CCN(C(C)C)CC2. The van der Waals surface area contributed by atoms with Crippen LogP contribution in [0.1, 0.15) is 46.5 Å². The Balaban J connectivity index is 1.86. The third-order valence-electron chi connectivity index (χ3n) is 4.33. The van der Waals surface area contributed by atoms with Crippen LogP contribution in [0.15, 0.2) is 0 Å². The van der Waals surface area contributed by atoms with E-state index in [0.29, 0.717) is 17.6 Å². The van der Waals surface area contributed by atoms with Gasteiger partial charge in [-0.2, -0.15) is 0 Å². The molecule has 1 spiro atoms. The summed E-state index contributed by atoms with van der Waals surface area (Å²) in [5, 5.41) is 0. The first kappa shape index (κ1) is 11.4. The largest absolute Gasteiger partial charge is 0.377 e. The zero-order chi connectivity index (χ0) is 10.9. The molecule has 88 valence electrons. The summed E-state index contributed by atoms with van der Waals surface area (Å²) in [7, 11) is 0. The number of ether oxygens (including phenoxy) is 1. The maximum atomic E-state index is 5.74. The molecule has 2 aliphatic heterocycles. The quantitative estimate of drug-likeness (QED) is 0.711. The Labute approximate surface area is 94.0 Å². The predicted molar refractivity (Wildman–Crippen MR) is 63.0 cm³/mol. The molecule has 1 unspecified atom stereocenters. The number of rotatable bonds is 3. The van der Waals surface area contributed by atoms with Crippen LogP contribution < -0.4 is 0 Å². The predicted octanol–water partition coefficient (Wildman–Crippen LogP) is 2.68. The van der Waals surface area contributed by atoms with Gasteiger partial charge in [-0.25, -0.2) is 0 Å². The average Bonchev–Trinajstić information content (AvgIpc) is 2.24. The molecule has 2 aliphatic rings. The molecule has 2 heterocycles. The second kappa shape index (κ2) is 4.42. The Morgan fingerprint density at radius 3 is 2.40 bits per heavy atom. The van der Waals surface area contributed by atoms with Gasteiger partial charge >= 0.3 is 0 Å². The number of hydrogen-bond acceptors (Lipinski definition) is 2. The smallest absolute Gasteiger partial charge is 0.0654 e. The summed E-state index contributed by atoms with van der Waals surface area (Å²) in [4.78, 5) is 2.60. The molecule has 0 saturated carbocycles. The van der Waals surface area contributed by atoms with Crippen LogP contribution in [-0.4, -0.2) is 36.7 Å². The highest BCUT2D eigenvalue weighted by Crippen LogP contribution is 2.46. The van der Waals surface area contributed by atoms with E-state index in [1.54, 1.807) is 0 Å². The van der Waals surface area contributed by atoms with Crippen molar-refractivity contribution in [3.8, 4) is 0 Å². The lowest BCUT2D eigenvalue weighted by Gasteiger charge is -2.54. The van der Waals surface area contributed by atoms with Crippen LogP contribution in [0.25, 0.3) is 0 Å². The van der Waals surface area contributed by atoms with Crippen LogP contribution in [0.5, 0.6) is 0 Å². The van der Waals surface area contributed by atoms with Gasteiger partial charge in [0.2, 0.25) is 0 Å². The fourth-order valence-electron chi connectivity index (χ4n) is 3.04. The minimum Gasteiger partial charge on any atom is -0.377 e. The molecule has 0 amide bonds. The van der Waals surface area contributed by atoms with E-state index in [4.69, 9.17) is 4.74 Å². The molecule has 0 aromatic carbocycles. The molecule has 2 heteroatoms. The highest BCUT2D eigenvalue weighted by Gasteiger charge is 2.49. The standard InChI is InChI=1S/C13H25NO/c1-4-5-12-13(10-15-12)6-8-14(9-7-13)11(2)3/h11-12H,4-10H2,1-3H3. The van der Waals surface area contributed by atoms with Crippen LogP contribution in [0.2, 0.25) is 0 Å². The molecule has 2 saturated heterocycles. The van der Waals surface area contributed by atoms with Gasteiger partial charge in [-0.1, -0.05) is 13.3 Å². The Morgan fingerprint density at radius 2 is 2.00 bits per heavy atom. The Bertz CT molecular complexity index is 207. The van der Waals surface area contributed by atoms with Gasteiger partial charge in [-0.3, -0.25) is 0 Å². The van der Waals surface area contributed by atoms with E-state index < -0.39 is 0 Å². The molecule has 0 aromatic heterocycles. The van der Waals surface area contributed by atoms with Gasteiger partial charge < -0.3 is 9.64 Å². The molecule has 0 N–H and O–H groups in total. The van der Waals surface area contributed by atoms with Gasteiger partial charge in [0.05, 0.1) is 12.7 Å². The fourth-order valence-corrected chi connectivity index (χ4v) is 3.04. The molecule has 0 bridgehead atoms. The number of likely N-dealkylation sites (tertiary alicyclic amines) is 1. The van der Waals surface area contributed by atoms with Crippen molar-refractivity contribution in [3.05, 3.63) is 0 Å². The molecular formula is C13H25NO. The highest BCUT2D eigenvalue weighted by atomic mass is 16.5.